The van der Waals surface area contributed by atoms with Crippen LogP contribution < -0.4 is 18.9 Å². The van der Waals surface area contributed by atoms with E-state index in [1.165, 1.54) is 21.3 Å². The lowest BCUT2D eigenvalue weighted by Crippen LogP contribution is -2.63. The van der Waals surface area contributed by atoms with Crippen LogP contribution in [-0.4, -0.2) is 93.0 Å². The molecule has 10 atom stereocenters. The third-order valence-electron chi connectivity index (χ3n) is 9.00. The number of aromatic hydroxyl groups is 1. The van der Waals surface area contributed by atoms with Crippen LogP contribution in [0.4, 0.5) is 0 Å². The molecule has 4 aliphatic rings. The van der Waals surface area contributed by atoms with Gasteiger partial charge in [0.1, 0.15) is 24.4 Å². The zero-order valence-electron chi connectivity index (χ0n) is 25.1. The van der Waals surface area contributed by atoms with E-state index >= 15 is 0 Å². The number of phenolic OH excluding ortho intramolecular Hbond substituents is 1. The topological polar surface area (TPSA) is 161 Å². The molecule has 0 radical (unpaired) electrons. The Hall–Kier alpha value is -3.33. The summed E-state index contributed by atoms with van der Waals surface area (Å²) in [5.74, 6) is -1.26. The second kappa shape index (κ2) is 12.2. The van der Waals surface area contributed by atoms with Crippen LogP contribution in [0.25, 0.3) is 0 Å². The van der Waals surface area contributed by atoms with E-state index in [-0.39, 0.29) is 30.6 Å². The Kier molecular flexibility index (Phi) is 8.52. The zero-order valence-corrected chi connectivity index (χ0v) is 25.1. The highest BCUT2D eigenvalue weighted by Crippen LogP contribution is 2.56. The van der Waals surface area contributed by atoms with Crippen LogP contribution in [0.2, 0.25) is 0 Å². The molecule has 3 N–H and O–H groups in total. The van der Waals surface area contributed by atoms with Crippen molar-refractivity contribution in [2.24, 2.45) is 11.8 Å². The fourth-order valence-corrected chi connectivity index (χ4v) is 6.87. The predicted octanol–water partition coefficient (Wildman–Crippen LogP) is 2.36. The lowest BCUT2D eigenvalue weighted by Gasteiger charge is -2.48. The van der Waals surface area contributed by atoms with Crippen LogP contribution in [0.3, 0.4) is 0 Å². The van der Waals surface area contributed by atoms with Gasteiger partial charge in [0.25, 0.3) is 0 Å². The minimum Gasteiger partial charge on any atom is -0.502 e. The number of ether oxygens (including phenoxy) is 9. The average molecular weight is 619 g/mol. The van der Waals surface area contributed by atoms with Crippen molar-refractivity contribution in [2.75, 3.05) is 34.7 Å². The van der Waals surface area contributed by atoms with E-state index in [1.54, 1.807) is 25.1 Å². The molecule has 0 saturated carbocycles. The fraction of sp³-hybridized carbons (Fsp3) is 0.581. The number of rotatable bonds is 7. The number of hydrogen-bond donors (Lipinski definition) is 3. The Morgan fingerprint density at radius 1 is 0.955 bits per heavy atom. The number of aliphatic hydroxyl groups is 2. The molecular weight excluding hydrogens is 580 g/mol. The summed E-state index contributed by atoms with van der Waals surface area (Å²) >= 11 is 0. The number of esters is 1. The molecular formula is C31H38O13. The van der Waals surface area contributed by atoms with E-state index in [0.717, 1.165) is 0 Å². The number of phenols is 1. The van der Waals surface area contributed by atoms with Gasteiger partial charge in [-0.3, -0.25) is 4.79 Å². The maximum Gasteiger partial charge on any atom is 0.310 e. The van der Waals surface area contributed by atoms with Crippen molar-refractivity contribution in [2.45, 2.75) is 69.3 Å². The monoisotopic (exact) mass is 618 g/mol. The summed E-state index contributed by atoms with van der Waals surface area (Å²) in [6, 6.07) is 6.94. The quantitative estimate of drug-likeness (QED) is 0.389. The van der Waals surface area contributed by atoms with Crippen molar-refractivity contribution in [3.8, 4) is 28.7 Å². The number of methoxy groups -OCH3 is 3. The normalized spacial score (nSPS) is 34.1. The molecule has 2 saturated heterocycles. The van der Waals surface area contributed by atoms with Gasteiger partial charge in [0, 0.05) is 11.8 Å². The smallest absolute Gasteiger partial charge is 0.310 e. The van der Waals surface area contributed by atoms with Crippen LogP contribution in [0.15, 0.2) is 24.3 Å². The second-order valence-electron chi connectivity index (χ2n) is 11.3. The van der Waals surface area contributed by atoms with Gasteiger partial charge in [-0.05, 0) is 54.3 Å². The lowest BCUT2D eigenvalue weighted by molar-refractivity contribution is -0.364. The Balaban J connectivity index is 1.48. The molecule has 0 spiro atoms. The first kappa shape index (κ1) is 30.7. The Bertz CT molecular complexity index is 1350. The molecule has 2 fully saturated rings. The van der Waals surface area contributed by atoms with E-state index in [9.17, 15) is 20.1 Å². The Morgan fingerprint density at radius 3 is 2.23 bits per heavy atom. The van der Waals surface area contributed by atoms with Crippen LogP contribution in [0.5, 0.6) is 28.7 Å². The van der Waals surface area contributed by atoms with E-state index in [4.69, 9.17) is 42.6 Å². The highest BCUT2D eigenvalue weighted by Gasteiger charge is 2.53. The highest BCUT2D eigenvalue weighted by atomic mass is 16.8. The van der Waals surface area contributed by atoms with Crippen molar-refractivity contribution in [3.05, 3.63) is 41.0 Å². The summed E-state index contributed by atoms with van der Waals surface area (Å²) in [5, 5.41) is 32.8. The molecule has 1 aliphatic carbocycles. The Morgan fingerprint density at radius 2 is 1.61 bits per heavy atom. The van der Waals surface area contributed by atoms with Crippen molar-refractivity contribution >= 4 is 5.97 Å². The van der Waals surface area contributed by atoms with Gasteiger partial charge in [-0.25, -0.2) is 0 Å². The van der Waals surface area contributed by atoms with E-state index in [0.29, 0.717) is 34.6 Å². The van der Waals surface area contributed by atoms with Gasteiger partial charge < -0.3 is 58.0 Å². The first-order chi connectivity index (χ1) is 21.2. The van der Waals surface area contributed by atoms with E-state index in [2.05, 4.69) is 0 Å². The SMILES string of the molecule is CC[C@H]1[C@H](C(=O)OC)[C@H](c2cc(OC)c(O)c(OC)c2)c2cc3c(cc2[C@H]1O[C@@H]1O[C@@H]2CO[C@@H](C)O[C@H]2[C@H](O)[C@H]1O)OCO3. The standard InChI is InChI=1S/C31H38O13/c1-6-15-24(30(35)38-5)23(14-7-20(36-3)25(32)21(8-14)37-4)16-9-18-19(41-12-40-18)10-17(16)28(15)44-31-27(34)26(33)29-22(43-31)11-39-13(2)42-29/h7-10,13,15,22-24,26-29,31-34H,6,11-12H2,1-5H3/t13-,15+,22-,23-,24+,26-,27-,28+,29-,31+/m1/s1. The van der Waals surface area contributed by atoms with Crippen LogP contribution in [0.1, 0.15) is 49.0 Å². The maximum absolute atomic E-state index is 13.7. The largest absolute Gasteiger partial charge is 0.502 e. The van der Waals surface area contributed by atoms with Crippen LogP contribution in [-0.2, 0) is 28.5 Å². The molecule has 44 heavy (non-hydrogen) atoms. The second-order valence-corrected chi connectivity index (χ2v) is 11.3. The van der Waals surface area contributed by atoms with Crippen molar-refractivity contribution < 1.29 is 62.7 Å². The summed E-state index contributed by atoms with van der Waals surface area (Å²) in [6.45, 7) is 3.79. The molecule has 2 aromatic rings. The molecule has 3 aliphatic heterocycles. The molecule has 2 aromatic carbocycles. The summed E-state index contributed by atoms with van der Waals surface area (Å²) in [7, 11) is 4.18. The number of hydrogen-bond acceptors (Lipinski definition) is 13. The highest BCUT2D eigenvalue weighted by molar-refractivity contribution is 5.77. The molecule has 13 heteroatoms. The number of carbonyl (C=O) groups is 1. The van der Waals surface area contributed by atoms with Crippen LogP contribution >= 0.6 is 0 Å². The van der Waals surface area contributed by atoms with Gasteiger partial charge in [0.15, 0.2) is 35.6 Å². The fourth-order valence-electron chi connectivity index (χ4n) is 6.87. The molecule has 0 aromatic heterocycles. The molecule has 0 bridgehead atoms. The first-order valence-corrected chi connectivity index (χ1v) is 14.6. The minimum atomic E-state index is -1.45. The summed E-state index contributed by atoms with van der Waals surface area (Å²) in [4.78, 5) is 13.7. The number of benzene rings is 2. The third kappa shape index (κ3) is 5.11. The van der Waals surface area contributed by atoms with Gasteiger partial charge in [-0.2, -0.15) is 0 Å². The first-order valence-electron chi connectivity index (χ1n) is 14.6. The van der Waals surface area contributed by atoms with Crippen molar-refractivity contribution in [3.63, 3.8) is 0 Å². The van der Waals surface area contributed by atoms with Gasteiger partial charge in [0.05, 0.1) is 40.0 Å². The average Bonchev–Trinajstić information content (AvgIpc) is 3.50. The van der Waals surface area contributed by atoms with Gasteiger partial charge in [-0.1, -0.05) is 6.92 Å². The van der Waals surface area contributed by atoms with Crippen molar-refractivity contribution in [1.82, 2.24) is 0 Å². The van der Waals surface area contributed by atoms with Gasteiger partial charge in [-0.15, -0.1) is 0 Å². The third-order valence-corrected chi connectivity index (χ3v) is 9.00. The van der Waals surface area contributed by atoms with Crippen molar-refractivity contribution in [1.29, 1.82) is 0 Å². The van der Waals surface area contributed by atoms with Gasteiger partial charge >= 0.3 is 5.97 Å². The number of fused-ring (bicyclic) bond motifs is 3. The van der Waals surface area contributed by atoms with E-state index < -0.39 is 66.8 Å². The summed E-state index contributed by atoms with van der Waals surface area (Å²) < 4.78 is 51.6. The molecule has 3 heterocycles. The Labute approximate surface area is 254 Å². The number of aliphatic hydroxyl groups excluding tert-OH is 2. The summed E-state index contributed by atoms with van der Waals surface area (Å²) in [5.41, 5.74) is 1.98. The summed E-state index contributed by atoms with van der Waals surface area (Å²) in [6.07, 6.45) is -6.41. The van der Waals surface area contributed by atoms with Crippen LogP contribution in [0, 0.1) is 11.8 Å². The molecule has 240 valence electrons. The van der Waals surface area contributed by atoms with Gasteiger partial charge in [0.2, 0.25) is 12.5 Å². The predicted molar refractivity (Wildman–Crippen MR) is 150 cm³/mol. The lowest BCUT2D eigenvalue weighted by atomic mass is 9.64. The molecule has 0 unspecified atom stereocenters. The maximum atomic E-state index is 13.7. The zero-order chi connectivity index (χ0) is 31.3. The van der Waals surface area contributed by atoms with E-state index in [1.807, 2.05) is 13.0 Å². The minimum absolute atomic E-state index is 0.0189. The molecule has 13 nitrogen and oxygen atoms in total. The number of carbonyl (C=O) groups excluding carboxylic acids is 1. The molecule has 6 rings (SSSR count). The molecule has 0 amide bonds.